The van der Waals surface area contributed by atoms with Crippen molar-refractivity contribution >= 4 is 40.6 Å². The summed E-state index contributed by atoms with van der Waals surface area (Å²) in [5, 5.41) is 36.4. The Morgan fingerprint density at radius 1 is 1.08 bits per heavy atom. The third kappa shape index (κ3) is 6.67. The van der Waals surface area contributed by atoms with Crippen molar-refractivity contribution in [2.75, 3.05) is 11.1 Å². The normalized spacial score (nSPS) is 11.7. The first kappa shape index (κ1) is 27.3. The van der Waals surface area contributed by atoms with Crippen molar-refractivity contribution in [3.8, 4) is 0 Å². The lowest BCUT2D eigenvalue weighted by molar-refractivity contribution is -0.385. The molecule has 0 aliphatic carbocycles. The van der Waals surface area contributed by atoms with E-state index >= 15 is 0 Å². The van der Waals surface area contributed by atoms with Crippen molar-refractivity contribution < 1.29 is 19.4 Å². The standard InChI is InChI=1S/C23H25N7O6S/c1-13(2)20(25-22(32)15-6-5-7-17(10-15)29(33)34)21-26-27-23(28(21)4)37-12-19(31)24-16-9-8-14(3)18(11-16)30(35)36/h5-11,13,20H,12H2,1-4H3,(H,24,31)(H,25,32)/t20-/m1/s1. The molecule has 0 radical (unpaired) electrons. The number of nitrogens with one attached hydrogen (secondary N) is 2. The van der Waals surface area contributed by atoms with Gasteiger partial charge in [-0.05, 0) is 25.0 Å². The fourth-order valence-electron chi connectivity index (χ4n) is 3.45. The van der Waals surface area contributed by atoms with Gasteiger partial charge in [-0.2, -0.15) is 0 Å². The quantitative estimate of drug-likeness (QED) is 0.226. The molecular formula is C23H25N7O6S. The van der Waals surface area contributed by atoms with Crippen molar-refractivity contribution in [2.45, 2.75) is 32.0 Å². The first-order chi connectivity index (χ1) is 17.5. The lowest BCUT2D eigenvalue weighted by Gasteiger charge is -2.21. The summed E-state index contributed by atoms with van der Waals surface area (Å²) in [6, 6.07) is 9.32. The Hall–Kier alpha value is -4.33. The van der Waals surface area contributed by atoms with Gasteiger partial charge in [-0.15, -0.1) is 10.2 Å². The average molecular weight is 528 g/mol. The van der Waals surface area contributed by atoms with Crippen LogP contribution in [0.2, 0.25) is 0 Å². The molecule has 194 valence electrons. The third-order valence-corrected chi connectivity index (χ3v) is 6.46. The van der Waals surface area contributed by atoms with Crippen molar-refractivity contribution in [1.82, 2.24) is 20.1 Å². The lowest BCUT2D eigenvalue weighted by Crippen LogP contribution is -2.33. The van der Waals surface area contributed by atoms with E-state index in [0.29, 0.717) is 22.2 Å². The molecule has 3 aromatic rings. The predicted octanol–water partition coefficient (Wildman–Crippen LogP) is 3.80. The summed E-state index contributed by atoms with van der Waals surface area (Å²) in [5.41, 5.74) is 0.663. The molecular weight excluding hydrogens is 502 g/mol. The minimum absolute atomic E-state index is 0.0277. The monoisotopic (exact) mass is 527 g/mol. The molecule has 2 amide bonds. The number of aromatic nitrogens is 3. The van der Waals surface area contributed by atoms with Gasteiger partial charge in [0.05, 0.1) is 21.6 Å². The Morgan fingerprint density at radius 2 is 1.81 bits per heavy atom. The summed E-state index contributed by atoms with van der Waals surface area (Å²) in [5.74, 6) is -0.548. The van der Waals surface area contributed by atoms with Crippen LogP contribution in [0.5, 0.6) is 0 Å². The van der Waals surface area contributed by atoms with E-state index in [1.54, 1.807) is 30.7 Å². The van der Waals surface area contributed by atoms with Crippen LogP contribution in [0.1, 0.15) is 41.6 Å². The van der Waals surface area contributed by atoms with E-state index in [1.165, 1.54) is 30.3 Å². The fraction of sp³-hybridized carbons (Fsp3) is 0.304. The summed E-state index contributed by atoms with van der Waals surface area (Å²) in [6.07, 6.45) is 0. The summed E-state index contributed by atoms with van der Waals surface area (Å²) in [6.45, 7) is 5.38. The first-order valence-electron chi connectivity index (χ1n) is 11.1. The number of nitrogens with zero attached hydrogens (tertiary/aromatic N) is 5. The Bertz CT molecular complexity index is 1360. The van der Waals surface area contributed by atoms with E-state index in [2.05, 4.69) is 20.8 Å². The van der Waals surface area contributed by atoms with Gasteiger partial charge in [-0.25, -0.2) is 0 Å². The molecule has 37 heavy (non-hydrogen) atoms. The highest BCUT2D eigenvalue weighted by Crippen LogP contribution is 2.26. The van der Waals surface area contributed by atoms with Crippen LogP contribution < -0.4 is 10.6 Å². The summed E-state index contributed by atoms with van der Waals surface area (Å²) in [4.78, 5) is 46.3. The number of non-ortho nitro benzene ring substituents is 1. The van der Waals surface area contributed by atoms with Crippen LogP contribution >= 0.6 is 11.8 Å². The van der Waals surface area contributed by atoms with Crippen LogP contribution in [0.15, 0.2) is 47.6 Å². The Labute approximate surface area is 216 Å². The number of aryl methyl sites for hydroxylation is 1. The highest BCUT2D eigenvalue weighted by Gasteiger charge is 2.26. The Balaban J connectivity index is 1.68. The van der Waals surface area contributed by atoms with Gasteiger partial charge in [-0.1, -0.05) is 37.7 Å². The number of thioether (sulfide) groups is 1. The zero-order chi connectivity index (χ0) is 27.3. The Kier molecular flexibility index (Phi) is 8.55. The third-order valence-electron chi connectivity index (χ3n) is 5.44. The minimum atomic E-state index is -0.570. The molecule has 0 saturated carbocycles. The first-order valence-corrected chi connectivity index (χ1v) is 12.1. The molecule has 0 aliphatic heterocycles. The topological polar surface area (TPSA) is 175 Å². The van der Waals surface area contributed by atoms with Gasteiger partial charge in [0.15, 0.2) is 11.0 Å². The second kappa shape index (κ2) is 11.6. The molecule has 0 spiro atoms. The molecule has 2 aromatic carbocycles. The number of anilines is 1. The molecule has 3 rings (SSSR count). The number of rotatable bonds is 10. The van der Waals surface area contributed by atoms with E-state index in [4.69, 9.17) is 0 Å². The van der Waals surface area contributed by atoms with E-state index < -0.39 is 21.8 Å². The molecule has 1 heterocycles. The molecule has 0 aliphatic rings. The molecule has 0 unspecified atom stereocenters. The maximum atomic E-state index is 12.8. The number of carbonyl (C=O) groups excluding carboxylic acids is 2. The van der Waals surface area contributed by atoms with Crippen LogP contribution in [0, 0.1) is 33.1 Å². The second-order valence-corrected chi connectivity index (χ2v) is 9.44. The zero-order valence-electron chi connectivity index (χ0n) is 20.5. The van der Waals surface area contributed by atoms with Crippen LogP contribution in [-0.2, 0) is 11.8 Å². The molecule has 1 aromatic heterocycles. The predicted molar refractivity (Wildman–Crippen MR) is 136 cm³/mol. The smallest absolute Gasteiger partial charge is 0.274 e. The number of nitro benzene ring substituents is 2. The molecule has 0 fully saturated rings. The van der Waals surface area contributed by atoms with Crippen LogP contribution in [-0.4, -0.2) is 42.2 Å². The largest absolute Gasteiger partial charge is 0.342 e. The second-order valence-electron chi connectivity index (χ2n) is 8.50. The maximum absolute atomic E-state index is 12.8. The molecule has 0 bridgehead atoms. The Morgan fingerprint density at radius 3 is 2.46 bits per heavy atom. The van der Waals surface area contributed by atoms with E-state index in [9.17, 15) is 29.8 Å². The number of hydrogen-bond donors (Lipinski definition) is 2. The molecule has 13 nitrogen and oxygen atoms in total. The SMILES string of the molecule is Cc1ccc(NC(=O)CSc2nnc([C@H](NC(=O)c3cccc([N+](=O)[O-])c3)C(C)C)n2C)cc1[N+](=O)[O-]. The van der Waals surface area contributed by atoms with Crippen molar-refractivity contribution in [2.24, 2.45) is 13.0 Å². The highest BCUT2D eigenvalue weighted by atomic mass is 32.2. The summed E-state index contributed by atoms with van der Waals surface area (Å²) in [7, 11) is 1.70. The van der Waals surface area contributed by atoms with Crippen LogP contribution in [0.25, 0.3) is 0 Å². The van der Waals surface area contributed by atoms with Crippen molar-refractivity contribution in [1.29, 1.82) is 0 Å². The van der Waals surface area contributed by atoms with Gasteiger partial charge < -0.3 is 15.2 Å². The average Bonchev–Trinajstić information content (AvgIpc) is 3.21. The fourth-order valence-corrected chi connectivity index (χ4v) is 4.17. The molecule has 2 N–H and O–H groups in total. The lowest BCUT2D eigenvalue weighted by atomic mass is 10.0. The van der Waals surface area contributed by atoms with Gasteiger partial charge in [0.25, 0.3) is 17.3 Å². The number of hydrogen-bond acceptors (Lipinski definition) is 9. The zero-order valence-corrected chi connectivity index (χ0v) is 21.3. The number of amides is 2. The highest BCUT2D eigenvalue weighted by molar-refractivity contribution is 7.99. The molecule has 14 heteroatoms. The summed E-state index contributed by atoms with van der Waals surface area (Å²) >= 11 is 1.11. The van der Waals surface area contributed by atoms with Crippen LogP contribution in [0.3, 0.4) is 0 Å². The number of benzene rings is 2. The van der Waals surface area contributed by atoms with Gasteiger partial charge >= 0.3 is 0 Å². The molecule has 0 saturated heterocycles. The van der Waals surface area contributed by atoms with Gasteiger partial charge in [0.1, 0.15) is 0 Å². The van der Waals surface area contributed by atoms with Crippen molar-refractivity contribution in [3.05, 3.63) is 79.6 Å². The number of nitro groups is 2. The van der Waals surface area contributed by atoms with Gasteiger partial charge in [0.2, 0.25) is 5.91 Å². The van der Waals surface area contributed by atoms with Gasteiger partial charge in [0, 0.05) is 42.1 Å². The summed E-state index contributed by atoms with van der Waals surface area (Å²) < 4.78 is 1.66. The maximum Gasteiger partial charge on any atom is 0.274 e. The van der Waals surface area contributed by atoms with E-state index in [1.807, 2.05) is 13.8 Å². The van der Waals surface area contributed by atoms with Crippen molar-refractivity contribution in [3.63, 3.8) is 0 Å². The van der Waals surface area contributed by atoms with E-state index in [-0.39, 0.29) is 34.5 Å². The molecule has 1 atom stereocenters. The van der Waals surface area contributed by atoms with E-state index in [0.717, 1.165) is 11.8 Å². The van der Waals surface area contributed by atoms with Crippen LogP contribution in [0.4, 0.5) is 17.1 Å². The van der Waals surface area contributed by atoms with Gasteiger partial charge in [-0.3, -0.25) is 29.8 Å². The number of carbonyl (C=O) groups is 2. The minimum Gasteiger partial charge on any atom is -0.342 e.